The van der Waals surface area contributed by atoms with E-state index in [-0.39, 0.29) is 11.8 Å². The summed E-state index contributed by atoms with van der Waals surface area (Å²) in [5, 5.41) is 3.89. The molecule has 0 bridgehead atoms. The van der Waals surface area contributed by atoms with Crippen molar-refractivity contribution in [1.29, 1.82) is 0 Å². The first-order valence-electron chi connectivity index (χ1n) is 9.60. The average Bonchev–Trinajstić information content (AvgIpc) is 3.02. The fourth-order valence-corrected chi connectivity index (χ4v) is 4.67. The molecule has 3 aromatic rings. The Balaban J connectivity index is 1.67. The normalized spacial score (nSPS) is 15.9. The Morgan fingerprint density at radius 2 is 1.61 bits per heavy atom. The van der Waals surface area contributed by atoms with E-state index in [0.29, 0.717) is 6.54 Å². The fourth-order valence-electron chi connectivity index (χ4n) is 3.87. The largest absolute Gasteiger partial charge is 0.272 e. The maximum Gasteiger partial charge on any atom is 0.253 e. The zero-order valence-electron chi connectivity index (χ0n) is 16.2. The van der Waals surface area contributed by atoms with Gasteiger partial charge in [-0.05, 0) is 34.6 Å². The van der Waals surface area contributed by atoms with Crippen molar-refractivity contribution in [3.8, 4) is 0 Å². The Morgan fingerprint density at radius 1 is 0.929 bits per heavy atom. The van der Waals surface area contributed by atoms with Crippen molar-refractivity contribution in [3.05, 3.63) is 95.6 Å². The highest BCUT2D eigenvalue weighted by atomic mass is 32.2. The first kappa shape index (κ1) is 18.8. The quantitative estimate of drug-likeness (QED) is 0.534. The monoisotopic (exact) mass is 388 g/mol. The number of hydrogen-bond donors (Lipinski definition) is 0. The molecule has 1 aliphatic heterocycles. The third-order valence-corrected chi connectivity index (χ3v) is 6.08. The average molecular weight is 389 g/mol. The molecule has 0 saturated heterocycles. The minimum atomic E-state index is -0.250. The van der Waals surface area contributed by atoms with Gasteiger partial charge in [-0.2, -0.15) is 0 Å². The van der Waals surface area contributed by atoms with E-state index in [9.17, 15) is 4.79 Å². The Hall–Kier alpha value is -2.56. The number of hydrazine groups is 1. The van der Waals surface area contributed by atoms with Gasteiger partial charge in [0.25, 0.3) is 5.91 Å². The summed E-state index contributed by atoms with van der Waals surface area (Å²) in [5.41, 5.74) is 4.33. The minimum Gasteiger partial charge on any atom is -0.272 e. The van der Waals surface area contributed by atoms with Crippen LogP contribution in [0.2, 0.25) is 0 Å². The third kappa shape index (κ3) is 3.46. The molecule has 0 aromatic heterocycles. The summed E-state index contributed by atoms with van der Waals surface area (Å²) in [7, 11) is 2.00. The van der Waals surface area contributed by atoms with E-state index in [1.165, 1.54) is 10.5 Å². The van der Waals surface area contributed by atoms with Crippen LogP contribution in [0.4, 0.5) is 5.69 Å². The second kappa shape index (κ2) is 8.21. The second-order valence-corrected chi connectivity index (χ2v) is 8.21. The Bertz CT molecular complexity index is 973. The zero-order valence-corrected chi connectivity index (χ0v) is 17.0. The molecule has 3 nitrogen and oxygen atoms in total. The van der Waals surface area contributed by atoms with Gasteiger partial charge in [0.15, 0.2) is 0 Å². The fraction of sp³-hybridized carbons (Fsp3) is 0.208. The predicted molar refractivity (Wildman–Crippen MR) is 117 cm³/mol. The van der Waals surface area contributed by atoms with Gasteiger partial charge in [0.05, 0.1) is 11.6 Å². The minimum absolute atomic E-state index is 0.107. The van der Waals surface area contributed by atoms with Gasteiger partial charge in [0.2, 0.25) is 0 Å². The first-order chi connectivity index (χ1) is 13.7. The smallest absolute Gasteiger partial charge is 0.253 e. The van der Waals surface area contributed by atoms with Crippen molar-refractivity contribution < 1.29 is 4.79 Å². The number of benzene rings is 3. The van der Waals surface area contributed by atoms with E-state index >= 15 is 0 Å². The molecule has 4 heteroatoms. The molecular formula is C24H24N2OS. The lowest BCUT2D eigenvalue weighted by Crippen LogP contribution is -2.42. The van der Waals surface area contributed by atoms with Crippen molar-refractivity contribution in [1.82, 2.24) is 5.01 Å². The van der Waals surface area contributed by atoms with Crippen LogP contribution >= 0.6 is 11.8 Å². The highest BCUT2D eigenvalue weighted by Gasteiger charge is 2.40. The number of amides is 1. The van der Waals surface area contributed by atoms with Gasteiger partial charge >= 0.3 is 0 Å². The maximum absolute atomic E-state index is 13.5. The summed E-state index contributed by atoms with van der Waals surface area (Å²) in [5.74, 6) is 0.887. The van der Waals surface area contributed by atoms with E-state index in [1.54, 1.807) is 0 Å². The van der Waals surface area contributed by atoms with Gasteiger partial charge in [-0.3, -0.25) is 4.79 Å². The SMILES string of the molecule is CCSc1ccccc1CN(C)N1C(=O)[C@H](c2ccccc2)c2ccccc21. The molecule has 28 heavy (non-hydrogen) atoms. The van der Waals surface area contributed by atoms with Crippen molar-refractivity contribution in [2.24, 2.45) is 0 Å². The number of nitrogens with zero attached hydrogens (tertiary/aromatic N) is 2. The molecule has 1 heterocycles. The molecule has 1 atom stereocenters. The van der Waals surface area contributed by atoms with Gasteiger partial charge in [0, 0.05) is 18.5 Å². The third-order valence-electron chi connectivity index (χ3n) is 5.08. The lowest BCUT2D eigenvalue weighted by Gasteiger charge is -2.29. The van der Waals surface area contributed by atoms with Crippen molar-refractivity contribution in [2.45, 2.75) is 24.3 Å². The topological polar surface area (TPSA) is 23.6 Å². The van der Waals surface area contributed by atoms with Crippen LogP contribution in [0.25, 0.3) is 0 Å². The molecular weight excluding hydrogens is 364 g/mol. The van der Waals surface area contributed by atoms with E-state index < -0.39 is 0 Å². The Labute approximate surface area is 171 Å². The van der Waals surface area contributed by atoms with Crippen molar-refractivity contribution in [3.63, 3.8) is 0 Å². The number of para-hydroxylation sites is 1. The number of hydrogen-bond acceptors (Lipinski definition) is 3. The number of rotatable bonds is 6. The molecule has 0 radical (unpaired) electrons. The molecule has 0 fully saturated rings. The molecule has 3 aromatic carbocycles. The summed E-state index contributed by atoms with van der Waals surface area (Å²) >= 11 is 1.84. The van der Waals surface area contributed by atoms with E-state index in [2.05, 4.69) is 37.3 Å². The number of carbonyl (C=O) groups excluding carboxylic acids is 1. The lowest BCUT2D eigenvalue weighted by atomic mass is 9.93. The second-order valence-electron chi connectivity index (χ2n) is 6.91. The molecule has 142 valence electrons. The summed E-state index contributed by atoms with van der Waals surface area (Å²) in [4.78, 5) is 14.8. The molecule has 1 amide bonds. The van der Waals surface area contributed by atoms with Gasteiger partial charge in [-0.1, -0.05) is 73.7 Å². The van der Waals surface area contributed by atoms with Gasteiger partial charge in [-0.15, -0.1) is 11.8 Å². The molecule has 0 spiro atoms. The van der Waals surface area contributed by atoms with Gasteiger partial charge in [0.1, 0.15) is 0 Å². The van der Waals surface area contributed by atoms with Crippen LogP contribution in [0.5, 0.6) is 0 Å². The van der Waals surface area contributed by atoms with Crippen LogP contribution in [-0.2, 0) is 11.3 Å². The number of thioether (sulfide) groups is 1. The Kier molecular flexibility index (Phi) is 5.51. The maximum atomic E-state index is 13.5. The van der Waals surface area contributed by atoms with Gasteiger partial charge in [-0.25, -0.2) is 10.0 Å². The standard InChI is InChI=1S/C24H24N2OS/c1-3-28-22-16-10-7-13-19(22)17-25(2)26-21-15-9-8-14-20(21)23(24(26)27)18-11-5-4-6-12-18/h4-16,23H,3,17H2,1-2H3/t23-/m1/s1. The number of fused-ring (bicyclic) bond motifs is 1. The van der Waals surface area contributed by atoms with Crippen LogP contribution in [0.15, 0.2) is 83.8 Å². The summed E-state index contributed by atoms with van der Waals surface area (Å²) in [6.07, 6.45) is 0. The van der Waals surface area contributed by atoms with Crippen LogP contribution < -0.4 is 5.01 Å². The van der Waals surface area contributed by atoms with Crippen LogP contribution in [0.1, 0.15) is 29.5 Å². The van der Waals surface area contributed by atoms with Crippen LogP contribution in [0.3, 0.4) is 0 Å². The number of anilines is 1. The van der Waals surface area contributed by atoms with Crippen molar-refractivity contribution >= 4 is 23.4 Å². The molecule has 4 rings (SSSR count). The molecule has 0 N–H and O–H groups in total. The summed E-state index contributed by atoms with van der Waals surface area (Å²) in [6.45, 7) is 2.85. The molecule has 1 aliphatic rings. The van der Waals surface area contributed by atoms with Crippen LogP contribution in [0, 0.1) is 0 Å². The van der Waals surface area contributed by atoms with E-state index in [1.807, 2.05) is 77.4 Å². The molecule has 0 unspecified atom stereocenters. The predicted octanol–water partition coefficient (Wildman–Crippen LogP) is 5.32. The van der Waals surface area contributed by atoms with Crippen molar-refractivity contribution in [2.75, 3.05) is 17.8 Å². The lowest BCUT2D eigenvalue weighted by molar-refractivity contribution is -0.121. The van der Waals surface area contributed by atoms with Crippen LogP contribution in [-0.4, -0.2) is 23.7 Å². The molecule has 0 aliphatic carbocycles. The molecule has 0 saturated carbocycles. The highest BCUT2D eigenvalue weighted by molar-refractivity contribution is 7.99. The summed E-state index contributed by atoms with van der Waals surface area (Å²) in [6, 6.07) is 26.6. The van der Waals surface area contributed by atoms with E-state index in [0.717, 1.165) is 22.6 Å². The highest BCUT2D eigenvalue weighted by Crippen LogP contribution is 2.42. The Morgan fingerprint density at radius 3 is 2.39 bits per heavy atom. The first-order valence-corrected chi connectivity index (χ1v) is 10.6. The van der Waals surface area contributed by atoms with E-state index in [4.69, 9.17) is 0 Å². The zero-order chi connectivity index (χ0) is 19.5. The number of carbonyl (C=O) groups is 1. The summed E-state index contributed by atoms with van der Waals surface area (Å²) < 4.78 is 0. The van der Waals surface area contributed by atoms with Gasteiger partial charge < -0.3 is 0 Å².